The van der Waals surface area contributed by atoms with Gasteiger partial charge in [-0.2, -0.15) is 0 Å². The van der Waals surface area contributed by atoms with Gasteiger partial charge in [-0.15, -0.1) is 0 Å². The average Bonchev–Trinajstić information content (AvgIpc) is 2.33. The van der Waals surface area contributed by atoms with Gasteiger partial charge in [-0.25, -0.2) is 9.59 Å². The SMILES string of the molecule is O=C(O)c1ccc(C(=O)O)o1.[Ca+2].[H-].[H-]. The molecule has 5 nitrogen and oxygen atoms in total. The molecule has 0 unspecified atom stereocenters. The fourth-order valence-electron chi connectivity index (χ4n) is 0.568. The molecule has 1 aromatic rings. The molecular weight excluding hydrogens is 192 g/mol. The van der Waals surface area contributed by atoms with Crippen LogP contribution in [-0.2, 0) is 0 Å². The van der Waals surface area contributed by atoms with Crippen LogP contribution in [0.5, 0.6) is 0 Å². The van der Waals surface area contributed by atoms with Gasteiger partial charge in [0.15, 0.2) is 0 Å². The van der Waals surface area contributed by atoms with Gasteiger partial charge < -0.3 is 17.5 Å². The van der Waals surface area contributed by atoms with Crippen LogP contribution in [0.25, 0.3) is 0 Å². The van der Waals surface area contributed by atoms with E-state index in [9.17, 15) is 9.59 Å². The van der Waals surface area contributed by atoms with Crippen LogP contribution in [-0.4, -0.2) is 59.9 Å². The molecule has 62 valence electrons. The van der Waals surface area contributed by atoms with Crippen LogP contribution < -0.4 is 0 Å². The summed E-state index contributed by atoms with van der Waals surface area (Å²) in [6.45, 7) is 0. The Kier molecular flexibility index (Phi) is 4.30. The molecule has 0 spiro atoms. The van der Waals surface area contributed by atoms with E-state index in [2.05, 4.69) is 4.42 Å². The molecule has 2 N–H and O–H groups in total. The van der Waals surface area contributed by atoms with E-state index in [0.29, 0.717) is 0 Å². The maximum atomic E-state index is 10.2. The van der Waals surface area contributed by atoms with Crippen molar-refractivity contribution in [2.75, 3.05) is 0 Å². The number of aromatic carboxylic acids is 2. The summed E-state index contributed by atoms with van der Waals surface area (Å²) in [7, 11) is 0. The molecule has 1 aromatic heterocycles. The fourth-order valence-corrected chi connectivity index (χ4v) is 0.568. The molecule has 1 rings (SSSR count). The van der Waals surface area contributed by atoms with E-state index < -0.39 is 11.9 Å². The molecule has 0 aliphatic carbocycles. The van der Waals surface area contributed by atoms with Gasteiger partial charge in [-0.1, -0.05) is 0 Å². The standard InChI is InChI=1S/C6H4O5.Ca.2H/c7-5(8)3-1-2-4(11-3)6(9)10;;;/h1-2H,(H,7,8)(H,9,10);;;/q;+2;2*-1. The molecule has 0 saturated carbocycles. The molecule has 12 heavy (non-hydrogen) atoms. The largest absolute Gasteiger partial charge is 2.00 e. The number of carboxylic acid groups (broad SMARTS) is 2. The van der Waals surface area contributed by atoms with Crippen molar-refractivity contribution >= 4 is 49.7 Å². The fraction of sp³-hybridized carbons (Fsp3) is 0. The topological polar surface area (TPSA) is 87.7 Å². The van der Waals surface area contributed by atoms with Crippen molar-refractivity contribution in [3.8, 4) is 0 Å². The van der Waals surface area contributed by atoms with Crippen molar-refractivity contribution in [1.29, 1.82) is 0 Å². The third-order valence-corrected chi connectivity index (χ3v) is 1.03. The van der Waals surface area contributed by atoms with Gasteiger partial charge in [-0.05, 0) is 12.1 Å². The van der Waals surface area contributed by atoms with Crippen LogP contribution >= 0.6 is 0 Å². The first-order valence-electron chi connectivity index (χ1n) is 2.67. The molecule has 0 radical (unpaired) electrons. The minimum absolute atomic E-state index is 0. The van der Waals surface area contributed by atoms with Crippen LogP contribution in [0.2, 0.25) is 0 Å². The molecule has 0 aliphatic heterocycles. The van der Waals surface area contributed by atoms with E-state index in [0.717, 1.165) is 12.1 Å². The van der Waals surface area contributed by atoms with E-state index in [-0.39, 0.29) is 52.1 Å². The third kappa shape index (κ3) is 2.51. The van der Waals surface area contributed by atoms with Gasteiger partial charge in [0, 0.05) is 0 Å². The van der Waals surface area contributed by atoms with Crippen molar-refractivity contribution < 1.29 is 27.1 Å². The van der Waals surface area contributed by atoms with Gasteiger partial charge in [0.05, 0.1) is 0 Å². The molecule has 0 amide bonds. The van der Waals surface area contributed by atoms with Crippen LogP contribution in [0.1, 0.15) is 24.0 Å². The zero-order chi connectivity index (χ0) is 8.43. The average molecular weight is 198 g/mol. The molecular formula is C6H6CaO5. The molecule has 0 aromatic carbocycles. The van der Waals surface area contributed by atoms with E-state index in [1.54, 1.807) is 0 Å². The molecule has 0 bridgehead atoms. The quantitative estimate of drug-likeness (QED) is 0.676. The van der Waals surface area contributed by atoms with Crippen LogP contribution in [0, 0.1) is 0 Å². The van der Waals surface area contributed by atoms with Crippen molar-refractivity contribution in [1.82, 2.24) is 0 Å². The van der Waals surface area contributed by atoms with E-state index >= 15 is 0 Å². The Labute approximate surface area is 100.0 Å². The molecule has 0 atom stereocenters. The maximum absolute atomic E-state index is 10.2. The summed E-state index contributed by atoms with van der Waals surface area (Å²) >= 11 is 0. The predicted molar refractivity (Wildman–Crippen MR) is 40.6 cm³/mol. The number of carboxylic acids is 2. The van der Waals surface area contributed by atoms with Crippen LogP contribution in [0.4, 0.5) is 0 Å². The van der Waals surface area contributed by atoms with Crippen LogP contribution in [0.3, 0.4) is 0 Å². The first kappa shape index (κ1) is 11.5. The Balaban J connectivity index is -0.000000403. The summed E-state index contributed by atoms with van der Waals surface area (Å²) < 4.78 is 4.41. The van der Waals surface area contributed by atoms with E-state index in [1.165, 1.54) is 0 Å². The van der Waals surface area contributed by atoms with E-state index in [1.807, 2.05) is 0 Å². The number of hydrogen-bond acceptors (Lipinski definition) is 3. The summed E-state index contributed by atoms with van der Waals surface area (Å²) in [5, 5.41) is 16.6. The summed E-state index contributed by atoms with van der Waals surface area (Å²) in [6, 6.07) is 2.18. The summed E-state index contributed by atoms with van der Waals surface area (Å²) in [5.74, 6) is -3.31. The molecule has 0 aliphatic rings. The Hall–Kier alpha value is -0.520. The number of furan rings is 1. The van der Waals surface area contributed by atoms with Crippen molar-refractivity contribution in [2.24, 2.45) is 0 Å². The monoisotopic (exact) mass is 198 g/mol. The van der Waals surface area contributed by atoms with Gasteiger partial charge in [0.25, 0.3) is 0 Å². The molecule has 1 heterocycles. The predicted octanol–water partition coefficient (Wildman–Crippen LogP) is 0.520. The third-order valence-electron chi connectivity index (χ3n) is 1.03. The zero-order valence-corrected chi connectivity index (χ0v) is 8.19. The first-order valence-corrected chi connectivity index (χ1v) is 2.67. The maximum Gasteiger partial charge on any atom is 2.00 e. The Morgan fingerprint density at radius 3 is 1.67 bits per heavy atom. The molecule has 0 fully saturated rings. The number of hydrogen-bond donors (Lipinski definition) is 2. The first-order chi connectivity index (χ1) is 5.11. The second kappa shape index (κ2) is 4.49. The smallest absolute Gasteiger partial charge is 1.00 e. The van der Waals surface area contributed by atoms with Crippen LogP contribution in [0.15, 0.2) is 16.5 Å². The number of carbonyl (C=O) groups is 2. The molecule has 6 heteroatoms. The minimum Gasteiger partial charge on any atom is -1.00 e. The Morgan fingerprint density at radius 1 is 1.17 bits per heavy atom. The second-order valence-corrected chi connectivity index (χ2v) is 1.77. The van der Waals surface area contributed by atoms with Crippen molar-refractivity contribution in [2.45, 2.75) is 0 Å². The zero-order valence-electron chi connectivity index (χ0n) is 7.98. The Morgan fingerprint density at radius 2 is 1.50 bits per heavy atom. The summed E-state index contributed by atoms with van der Waals surface area (Å²) in [5.41, 5.74) is 0. The Bertz CT molecular complexity index is 282. The van der Waals surface area contributed by atoms with E-state index in [4.69, 9.17) is 10.2 Å². The van der Waals surface area contributed by atoms with Gasteiger partial charge >= 0.3 is 49.7 Å². The van der Waals surface area contributed by atoms with Crippen molar-refractivity contribution in [3.05, 3.63) is 23.7 Å². The van der Waals surface area contributed by atoms with Gasteiger partial charge in [-0.3, -0.25) is 0 Å². The summed E-state index contributed by atoms with van der Waals surface area (Å²) in [4.78, 5) is 20.3. The summed E-state index contributed by atoms with van der Waals surface area (Å²) in [6.07, 6.45) is 0. The van der Waals surface area contributed by atoms with Gasteiger partial charge in [0.2, 0.25) is 11.5 Å². The second-order valence-electron chi connectivity index (χ2n) is 1.77. The normalized spacial score (nSPS) is 8.67. The minimum atomic E-state index is -1.28. The molecule has 0 saturated heterocycles. The number of rotatable bonds is 2. The van der Waals surface area contributed by atoms with Crippen molar-refractivity contribution in [3.63, 3.8) is 0 Å². The van der Waals surface area contributed by atoms with Gasteiger partial charge in [0.1, 0.15) is 0 Å².